The molecule has 3 aromatic rings. The van der Waals surface area contributed by atoms with Crippen LogP contribution < -0.4 is 9.64 Å². The van der Waals surface area contributed by atoms with E-state index in [4.69, 9.17) is 4.74 Å². The van der Waals surface area contributed by atoms with E-state index in [1.165, 1.54) is 39.3 Å². The van der Waals surface area contributed by atoms with Gasteiger partial charge in [-0.05, 0) is 46.5 Å². The predicted molar refractivity (Wildman–Crippen MR) is 112 cm³/mol. The molecule has 0 saturated heterocycles. The molecule has 2 aliphatic heterocycles. The second kappa shape index (κ2) is 5.16. The zero-order chi connectivity index (χ0) is 19.0. The van der Waals surface area contributed by atoms with Crippen molar-refractivity contribution >= 4 is 17.1 Å². The van der Waals surface area contributed by atoms with E-state index < -0.39 is 0 Å². The summed E-state index contributed by atoms with van der Waals surface area (Å²) in [5.41, 5.74) is 9.22. The molecule has 0 bridgehead atoms. The molecule has 3 aromatic carbocycles. The number of methoxy groups -OCH3 is 1. The molecule has 0 N–H and O–H groups in total. The Balaban J connectivity index is 1.93. The van der Waals surface area contributed by atoms with Crippen LogP contribution in [0.5, 0.6) is 5.75 Å². The van der Waals surface area contributed by atoms with Crippen LogP contribution in [0.25, 0.3) is 0 Å². The zero-order valence-corrected chi connectivity index (χ0v) is 16.6. The third-order valence-electron chi connectivity index (χ3n) is 6.54. The number of benzene rings is 3. The number of rotatable bonds is 1. The normalized spacial score (nSPS) is 17.6. The van der Waals surface area contributed by atoms with Crippen molar-refractivity contribution in [1.82, 2.24) is 0 Å². The highest BCUT2D eigenvalue weighted by atomic mass is 16.5. The molecule has 0 saturated carbocycles. The Hall–Kier alpha value is -2.74. The average molecular weight is 355 g/mol. The first kappa shape index (κ1) is 16.4. The highest BCUT2D eigenvalue weighted by molar-refractivity contribution is 5.92. The van der Waals surface area contributed by atoms with E-state index in [1.807, 2.05) is 0 Å². The maximum atomic E-state index is 5.55. The molecule has 27 heavy (non-hydrogen) atoms. The first-order valence-electron chi connectivity index (χ1n) is 9.59. The minimum Gasteiger partial charge on any atom is -0.497 e. The Labute approximate surface area is 161 Å². The molecule has 0 radical (unpaired) electrons. The number of anilines is 3. The van der Waals surface area contributed by atoms with Crippen molar-refractivity contribution in [3.63, 3.8) is 0 Å². The van der Waals surface area contributed by atoms with Crippen LogP contribution in [0, 0.1) is 0 Å². The molecule has 0 unspecified atom stereocenters. The summed E-state index contributed by atoms with van der Waals surface area (Å²) in [4.78, 5) is 2.46. The zero-order valence-electron chi connectivity index (χ0n) is 16.6. The van der Waals surface area contributed by atoms with Crippen LogP contribution >= 0.6 is 0 Å². The molecule has 136 valence electrons. The van der Waals surface area contributed by atoms with Crippen molar-refractivity contribution in [3.8, 4) is 5.75 Å². The first-order chi connectivity index (χ1) is 12.9. The van der Waals surface area contributed by atoms with Gasteiger partial charge in [-0.15, -0.1) is 0 Å². The maximum Gasteiger partial charge on any atom is 0.119 e. The van der Waals surface area contributed by atoms with Crippen LogP contribution in [0.2, 0.25) is 0 Å². The SMILES string of the molecule is COc1ccc2c(c1)C(C)(C)c1cccc3c1N2c1ccccc1C3(C)C. The molecule has 0 spiro atoms. The van der Waals surface area contributed by atoms with Gasteiger partial charge >= 0.3 is 0 Å². The van der Waals surface area contributed by atoms with Gasteiger partial charge in [-0.25, -0.2) is 0 Å². The van der Waals surface area contributed by atoms with E-state index >= 15 is 0 Å². The number of ether oxygens (including phenoxy) is 1. The van der Waals surface area contributed by atoms with Gasteiger partial charge in [0.25, 0.3) is 0 Å². The van der Waals surface area contributed by atoms with Crippen LogP contribution in [-0.2, 0) is 10.8 Å². The lowest BCUT2D eigenvalue weighted by atomic mass is 9.66. The third kappa shape index (κ3) is 1.96. The summed E-state index contributed by atoms with van der Waals surface area (Å²) in [5, 5.41) is 0. The van der Waals surface area contributed by atoms with Crippen LogP contribution in [0.4, 0.5) is 17.1 Å². The monoisotopic (exact) mass is 355 g/mol. The number of fused-ring (bicyclic) bond motifs is 4. The molecule has 0 atom stereocenters. The largest absolute Gasteiger partial charge is 0.497 e. The Morgan fingerprint density at radius 2 is 1.26 bits per heavy atom. The molecule has 5 rings (SSSR count). The van der Waals surface area contributed by atoms with Gasteiger partial charge in [0.15, 0.2) is 0 Å². The Morgan fingerprint density at radius 1 is 0.667 bits per heavy atom. The summed E-state index contributed by atoms with van der Waals surface area (Å²) in [5.74, 6) is 0.909. The molecule has 0 amide bonds. The van der Waals surface area contributed by atoms with Gasteiger partial charge in [0.05, 0.1) is 24.2 Å². The van der Waals surface area contributed by atoms with Crippen LogP contribution in [0.15, 0.2) is 60.7 Å². The van der Waals surface area contributed by atoms with Crippen molar-refractivity contribution in [2.75, 3.05) is 12.0 Å². The van der Waals surface area contributed by atoms with Gasteiger partial charge in [-0.1, -0.05) is 64.1 Å². The molecular weight excluding hydrogens is 330 g/mol. The molecule has 0 aromatic heterocycles. The minimum absolute atomic E-state index is 0.0293. The van der Waals surface area contributed by atoms with E-state index in [0.29, 0.717) is 0 Å². The topological polar surface area (TPSA) is 12.5 Å². The summed E-state index contributed by atoms with van der Waals surface area (Å²) >= 11 is 0. The standard InChI is InChI=1S/C25H25NO/c1-24(2)17-9-6-7-12-21(17)26-22-14-13-16(27-5)15-20(22)25(3,4)19-11-8-10-18(24)23(19)26/h6-15H,1-5H3. The number of hydrogen-bond acceptors (Lipinski definition) is 2. The smallest absolute Gasteiger partial charge is 0.119 e. The summed E-state index contributed by atoms with van der Waals surface area (Å²) in [6, 6.07) is 22.1. The van der Waals surface area contributed by atoms with Gasteiger partial charge in [-0.2, -0.15) is 0 Å². The fourth-order valence-corrected chi connectivity index (χ4v) is 4.99. The van der Waals surface area contributed by atoms with Gasteiger partial charge in [0.2, 0.25) is 0 Å². The highest BCUT2D eigenvalue weighted by Crippen LogP contribution is 2.59. The van der Waals surface area contributed by atoms with E-state index in [1.54, 1.807) is 7.11 Å². The summed E-state index contributed by atoms with van der Waals surface area (Å²) in [7, 11) is 1.74. The predicted octanol–water partition coefficient (Wildman–Crippen LogP) is 6.44. The fourth-order valence-electron chi connectivity index (χ4n) is 4.99. The van der Waals surface area contributed by atoms with Crippen molar-refractivity contribution < 1.29 is 4.74 Å². The summed E-state index contributed by atoms with van der Waals surface area (Å²) in [6.45, 7) is 9.34. The van der Waals surface area contributed by atoms with Gasteiger partial charge in [-0.3, -0.25) is 0 Å². The van der Waals surface area contributed by atoms with Crippen molar-refractivity contribution in [2.24, 2.45) is 0 Å². The molecule has 2 aliphatic rings. The molecule has 2 nitrogen and oxygen atoms in total. The third-order valence-corrected chi connectivity index (χ3v) is 6.54. The minimum atomic E-state index is -0.0892. The van der Waals surface area contributed by atoms with E-state index in [-0.39, 0.29) is 10.8 Å². The van der Waals surface area contributed by atoms with Gasteiger partial charge in [0, 0.05) is 10.8 Å². The lowest BCUT2D eigenvalue weighted by Gasteiger charge is -2.49. The Bertz CT molecular complexity index is 1080. The lowest BCUT2D eigenvalue weighted by Crippen LogP contribution is -2.38. The average Bonchev–Trinajstić information content (AvgIpc) is 2.67. The first-order valence-corrected chi connectivity index (χ1v) is 9.59. The van der Waals surface area contributed by atoms with Crippen LogP contribution in [0.1, 0.15) is 49.9 Å². The second-order valence-corrected chi connectivity index (χ2v) is 8.69. The summed E-state index contributed by atoms with van der Waals surface area (Å²) in [6.07, 6.45) is 0. The number of nitrogens with zero attached hydrogens (tertiary/aromatic N) is 1. The van der Waals surface area contributed by atoms with Crippen molar-refractivity contribution in [1.29, 1.82) is 0 Å². The molecule has 0 aliphatic carbocycles. The van der Waals surface area contributed by atoms with Gasteiger partial charge in [0.1, 0.15) is 5.75 Å². The fraction of sp³-hybridized carbons (Fsp3) is 0.280. The molecular formula is C25H25NO. The van der Waals surface area contributed by atoms with Crippen molar-refractivity contribution in [3.05, 3.63) is 82.9 Å². The van der Waals surface area contributed by atoms with E-state index in [0.717, 1.165) is 5.75 Å². The highest BCUT2D eigenvalue weighted by Gasteiger charge is 2.45. The summed E-state index contributed by atoms with van der Waals surface area (Å²) < 4.78 is 5.55. The van der Waals surface area contributed by atoms with E-state index in [2.05, 4.69) is 93.3 Å². The number of hydrogen-bond donors (Lipinski definition) is 0. The Morgan fingerprint density at radius 3 is 1.96 bits per heavy atom. The molecule has 2 heterocycles. The maximum absolute atomic E-state index is 5.55. The lowest BCUT2D eigenvalue weighted by molar-refractivity contribution is 0.413. The Kier molecular flexibility index (Phi) is 3.14. The number of para-hydroxylation sites is 2. The molecule has 2 heteroatoms. The van der Waals surface area contributed by atoms with Gasteiger partial charge < -0.3 is 9.64 Å². The van der Waals surface area contributed by atoms with Crippen LogP contribution in [-0.4, -0.2) is 7.11 Å². The quantitative estimate of drug-likeness (QED) is 0.498. The molecule has 0 fully saturated rings. The second-order valence-electron chi connectivity index (χ2n) is 8.69. The van der Waals surface area contributed by atoms with Crippen molar-refractivity contribution in [2.45, 2.75) is 38.5 Å². The van der Waals surface area contributed by atoms with Crippen LogP contribution in [0.3, 0.4) is 0 Å². The van der Waals surface area contributed by atoms with E-state index in [9.17, 15) is 0 Å².